The van der Waals surface area contributed by atoms with Crippen molar-refractivity contribution in [1.82, 2.24) is 5.32 Å². The minimum Gasteiger partial charge on any atom is -0.466 e. The number of ether oxygens (including phenoxy) is 1. The van der Waals surface area contributed by atoms with Crippen molar-refractivity contribution in [3.05, 3.63) is 24.3 Å². The molecule has 2 unspecified atom stereocenters. The Kier molecular flexibility index (Phi) is 58.5. The number of carbonyl (C=O) groups is 2. The number of unbranched alkanes of at least 4 members (excludes halogenated alkanes) is 44. The number of allylic oxidation sites excluding steroid dienone is 4. The maximum absolute atomic E-state index is 12.5. The van der Waals surface area contributed by atoms with Gasteiger partial charge in [0.1, 0.15) is 0 Å². The van der Waals surface area contributed by atoms with Gasteiger partial charge in [-0.1, -0.05) is 282 Å². The summed E-state index contributed by atoms with van der Waals surface area (Å²) < 4.78 is 5.49. The van der Waals surface area contributed by atoms with Crippen molar-refractivity contribution in [2.45, 2.75) is 360 Å². The standard InChI is InChI=1S/C64H123NO5/c1-3-5-7-9-11-13-15-17-18-26-30-34-38-42-46-50-54-58-64(69)70-59-55-51-47-43-39-35-31-28-25-23-21-19-20-22-24-27-29-33-37-41-45-49-53-57-63(68)65-61(60-66)62(67)56-52-48-44-40-36-32-16-14-12-10-8-6-4-2/h17-18,22,24,61-62,66-67H,3-16,19-21,23,25-60H2,1-2H3,(H,65,68)/b18-17-,24-22-. The van der Waals surface area contributed by atoms with Crippen LogP contribution in [0.5, 0.6) is 0 Å². The van der Waals surface area contributed by atoms with E-state index in [-0.39, 0.29) is 18.5 Å². The van der Waals surface area contributed by atoms with Gasteiger partial charge in [-0.3, -0.25) is 9.59 Å². The van der Waals surface area contributed by atoms with Gasteiger partial charge >= 0.3 is 5.97 Å². The molecule has 0 heterocycles. The molecule has 3 N–H and O–H groups in total. The Hall–Kier alpha value is -1.66. The molecule has 0 aliphatic carbocycles. The number of nitrogens with one attached hydrogen (secondary N) is 1. The molecule has 0 radical (unpaired) electrons. The summed E-state index contributed by atoms with van der Waals surface area (Å²) in [5.41, 5.74) is 0. The van der Waals surface area contributed by atoms with Crippen molar-refractivity contribution in [3.63, 3.8) is 0 Å². The summed E-state index contributed by atoms with van der Waals surface area (Å²) in [5, 5.41) is 23.2. The number of rotatable bonds is 59. The van der Waals surface area contributed by atoms with Crippen LogP contribution in [0.25, 0.3) is 0 Å². The van der Waals surface area contributed by atoms with Crippen LogP contribution in [-0.2, 0) is 14.3 Å². The average Bonchev–Trinajstić information content (AvgIpc) is 3.36. The number of aliphatic hydroxyl groups is 2. The van der Waals surface area contributed by atoms with Crippen LogP contribution in [0.3, 0.4) is 0 Å². The Morgan fingerprint density at radius 3 is 1.01 bits per heavy atom. The maximum Gasteiger partial charge on any atom is 0.305 e. The number of aliphatic hydroxyl groups excluding tert-OH is 2. The van der Waals surface area contributed by atoms with Crippen molar-refractivity contribution in [1.29, 1.82) is 0 Å². The maximum atomic E-state index is 12.5. The Labute approximate surface area is 437 Å². The van der Waals surface area contributed by atoms with E-state index >= 15 is 0 Å². The second-order valence-corrected chi connectivity index (χ2v) is 21.7. The summed E-state index contributed by atoms with van der Waals surface area (Å²) in [5.74, 6) is -0.0317. The molecule has 70 heavy (non-hydrogen) atoms. The molecule has 6 heteroatoms. The zero-order chi connectivity index (χ0) is 50.7. The van der Waals surface area contributed by atoms with Gasteiger partial charge in [0.2, 0.25) is 5.91 Å². The van der Waals surface area contributed by atoms with E-state index in [1.165, 1.54) is 270 Å². The second-order valence-electron chi connectivity index (χ2n) is 21.7. The fourth-order valence-electron chi connectivity index (χ4n) is 9.87. The van der Waals surface area contributed by atoms with E-state index in [4.69, 9.17) is 4.74 Å². The third kappa shape index (κ3) is 55.7. The van der Waals surface area contributed by atoms with Crippen LogP contribution in [0, 0.1) is 0 Å². The van der Waals surface area contributed by atoms with E-state index < -0.39 is 12.1 Å². The number of hydrogen-bond donors (Lipinski definition) is 3. The van der Waals surface area contributed by atoms with Gasteiger partial charge in [-0.15, -0.1) is 0 Å². The summed E-state index contributed by atoms with van der Waals surface area (Å²) in [7, 11) is 0. The van der Waals surface area contributed by atoms with Crippen LogP contribution in [-0.4, -0.2) is 47.4 Å². The highest BCUT2D eigenvalue weighted by Gasteiger charge is 2.20. The SMILES string of the molecule is CCCCCCCC/C=C\CCCCCCCCCC(=O)OCCCCCCCCCCCCCC/C=C\CCCCCCCCCC(=O)NC(CO)C(O)CCCCCCCCCCCCCCC. The first-order valence-electron chi connectivity index (χ1n) is 31.6. The molecule has 6 nitrogen and oxygen atoms in total. The summed E-state index contributed by atoms with van der Waals surface area (Å²) in [6.07, 6.45) is 73.3. The third-order valence-electron chi connectivity index (χ3n) is 14.7. The van der Waals surface area contributed by atoms with Crippen LogP contribution in [0.15, 0.2) is 24.3 Å². The normalized spacial score (nSPS) is 12.7. The average molecular weight is 987 g/mol. The van der Waals surface area contributed by atoms with Gasteiger partial charge in [-0.25, -0.2) is 0 Å². The summed E-state index contributed by atoms with van der Waals surface area (Å²) in [6.45, 7) is 4.96. The highest BCUT2D eigenvalue weighted by molar-refractivity contribution is 5.76. The predicted molar refractivity (Wildman–Crippen MR) is 306 cm³/mol. The molecule has 0 aromatic carbocycles. The van der Waals surface area contributed by atoms with Gasteiger partial charge in [0, 0.05) is 12.8 Å². The first-order chi connectivity index (χ1) is 34.5. The zero-order valence-corrected chi connectivity index (χ0v) is 47.3. The molecule has 414 valence electrons. The fraction of sp³-hybridized carbons (Fsp3) is 0.906. The zero-order valence-electron chi connectivity index (χ0n) is 47.3. The van der Waals surface area contributed by atoms with E-state index in [0.717, 1.165) is 44.9 Å². The minimum atomic E-state index is -0.667. The van der Waals surface area contributed by atoms with Crippen LogP contribution >= 0.6 is 0 Å². The fourth-order valence-corrected chi connectivity index (χ4v) is 9.87. The van der Waals surface area contributed by atoms with Gasteiger partial charge < -0.3 is 20.3 Å². The highest BCUT2D eigenvalue weighted by atomic mass is 16.5. The summed E-state index contributed by atoms with van der Waals surface area (Å²) >= 11 is 0. The molecule has 0 aromatic heterocycles. The molecule has 0 bridgehead atoms. The first-order valence-corrected chi connectivity index (χ1v) is 31.6. The third-order valence-corrected chi connectivity index (χ3v) is 14.7. The lowest BCUT2D eigenvalue weighted by atomic mass is 10.0. The van der Waals surface area contributed by atoms with E-state index in [0.29, 0.717) is 25.9 Å². The van der Waals surface area contributed by atoms with Crippen molar-refractivity contribution in [2.75, 3.05) is 13.2 Å². The monoisotopic (exact) mass is 986 g/mol. The number of hydrogen-bond acceptors (Lipinski definition) is 5. The van der Waals surface area contributed by atoms with E-state index in [1.54, 1.807) is 0 Å². The van der Waals surface area contributed by atoms with Crippen molar-refractivity contribution in [2.24, 2.45) is 0 Å². The number of amides is 1. The minimum absolute atomic E-state index is 0.00856. The van der Waals surface area contributed by atoms with Crippen molar-refractivity contribution in [3.8, 4) is 0 Å². The Bertz CT molecular complexity index is 1090. The van der Waals surface area contributed by atoms with Gasteiger partial charge in [0.05, 0.1) is 25.4 Å². The molecule has 0 aliphatic rings. The lowest BCUT2D eigenvalue weighted by molar-refractivity contribution is -0.143. The molecule has 0 saturated heterocycles. The topological polar surface area (TPSA) is 95.9 Å². The predicted octanol–water partition coefficient (Wildman–Crippen LogP) is 19.8. The van der Waals surface area contributed by atoms with Crippen LogP contribution < -0.4 is 5.32 Å². The quantitative estimate of drug-likeness (QED) is 0.0321. The van der Waals surface area contributed by atoms with E-state index in [2.05, 4.69) is 43.5 Å². The van der Waals surface area contributed by atoms with Crippen LogP contribution in [0.1, 0.15) is 348 Å². The molecule has 0 saturated carbocycles. The Morgan fingerprint density at radius 2 is 0.671 bits per heavy atom. The smallest absolute Gasteiger partial charge is 0.305 e. The Balaban J connectivity index is 3.39. The Morgan fingerprint density at radius 1 is 0.386 bits per heavy atom. The second kappa shape index (κ2) is 59.9. The molecular formula is C64H123NO5. The highest BCUT2D eigenvalue weighted by Crippen LogP contribution is 2.17. The molecule has 0 aliphatic heterocycles. The van der Waals surface area contributed by atoms with E-state index in [1.807, 2.05) is 0 Å². The van der Waals surface area contributed by atoms with Gasteiger partial charge in [0.15, 0.2) is 0 Å². The van der Waals surface area contributed by atoms with Gasteiger partial charge in [-0.2, -0.15) is 0 Å². The van der Waals surface area contributed by atoms with Gasteiger partial charge in [0.25, 0.3) is 0 Å². The van der Waals surface area contributed by atoms with Crippen LogP contribution in [0.2, 0.25) is 0 Å². The van der Waals surface area contributed by atoms with Crippen molar-refractivity contribution < 1.29 is 24.5 Å². The lowest BCUT2D eigenvalue weighted by Crippen LogP contribution is -2.45. The number of esters is 1. The molecule has 1 amide bonds. The van der Waals surface area contributed by atoms with E-state index in [9.17, 15) is 19.8 Å². The molecule has 0 fully saturated rings. The lowest BCUT2D eigenvalue weighted by Gasteiger charge is -2.22. The van der Waals surface area contributed by atoms with Gasteiger partial charge in [-0.05, 0) is 77.0 Å². The summed E-state index contributed by atoms with van der Waals surface area (Å²) in [4.78, 5) is 24.5. The summed E-state index contributed by atoms with van der Waals surface area (Å²) in [6, 6.07) is -0.545. The van der Waals surface area contributed by atoms with Crippen LogP contribution in [0.4, 0.5) is 0 Å². The van der Waals surface area contributed by atoms with Crippen molar-refractivity contribution >= 4 is 11.9 Å². The molecule has 0 aromatic rings. The molecule has 0 rings (SSSR count). The molecule has 2 atom stereocenters. The largest absolute Gasteiger partial charge is 0.466 e. The number of carbonyl (C=O) groups excluding carboxylic acids is 2. The first kappa shape index (κ1) is 68.3. The molecule has 0 spiro atoms. The molecular weight excluding hydrogens is 863 g/mol.